The zero-order valence-corrected chi connectivity index (χ0v) is 25.8. The number of carbonyl (C=O) groups excluding carboxylic acids is 3. The summed E-state index contributed by atoms with van der Waals surface area (Å²) in [4.78, 5) is 42.4. The average molecular weight is 603 g/mol. The van der Waals surface area contributed by atoms with Gasteiger partial charge >= 0.3 is 11.9 Å². The van der Waals surface area contributed by atoms with Crippen molar-refractivity contribution in [1.29, 1.82) is 0 Å². The van der Waals surface area contributed by atoms with Crippen molar-refractivity contribution in [2.75, 3.05) is 19.0 Å². The minimum absolute atomic E-state index is 0.191. The summed E-state index contributed by atoms with van der Waals surface area (Å²) >= 11 is 0. The topological polar surface area (TPSA) is 179 Å². The number of esters is 2. The maximum absolute atomic E-state index is 13.1. The molecule has 0 aromatic carbocycles. The van der Waals surface area contributed by atoms with Crippen LogP contribution in [0, 0.1) is 11.3 Å². The number of aliphatic hydroxyl groups is 1. The first-order chi connectivity index (χ1) is 20.4. The summed E-state index contributed by atoms with van der Waals surface area (Å²) in [6, 6.07) is 2.39. The molecule has 1 saturated carbocycles. The molecule has 1 aliphatic carbocycles. The van der Waals surface area contributed by atoms with Crippen molar-refractivity contribution in [3.63, 3.8) is 0 Å². The Morgan fingerprint density at radius 2 is 1.95 bits per heavy atom. The molecule has 0 bridgehead atoms. The van der Waals surface area contributed by atoms with Crippen molar-refractivity contribution in [3.8, 4) is 0 Å². The van der Waals surface area contributed by atoms with E-state index in [4.69, 9.17) is 19.9 Å². The number of anilines is 1. The molecular weight excluding hydrogens is 556 g/mol. The predicted molar refractivity (Wildman–Crippen MR) is 158 cm³/mol. The van der Waals surface area contributed by atoms with Crippen molar-refractivity contribution in [2.24, 2.45) is 17.1 Å². The van der Waals surface area contributed by atoms with E-state index in [9.17, 15) is 19.5 Å². The maximum atomic E-state index is 13.1. The maximum Gasteiger partial charge on any atom is 0.323 e. The number of aliphatic hydroxyl groups excluding tert-OH is 1. The highest BCUT2D eigenvalue weighted by atomic mass is 16.6. The molecule has 2 fully saturated rings. The van der Waals surface area contributed by atoms with Crippen molar-refractivity contribution in [2.45, 2.75) is 109 Å². The Balaban J connectivity index is 1.63. The van der Waals surface area contributed by atoms with Crippen LogP contribution in [-0.2, 0) is 34.3 Å². The highest BCUT2D eigenvalue weighted by Crippen LogP contribution is 2.40. The van der Waals surface area contributed by atoms with Crippen molar-refractivity contribution >= 4 is 29.2 Å². The van der Waals surface area contributed by atoms with E-state index in [1.165, 1.54) is 17.3 Å². The molecule has 5 atom stereocenters. The third-order valence-electron chi connectivity index (χ3n) is 8.40. The first-order valence-corrected chi connectivity index (χ1v) is 15.2. The first-order valence-electron chi connectivity index (χ1n) is 15.2. The van der Waals surface area contributed by atoms with Crippen LogP contribution in [0.25, 0.3) is 5.52 Å². The van der Waals surface area contributed by atoms with Gasteiger partial charge in [0.05, 0.1) is 5.69 Å². The van der Waals surface area contributed by atoms with E-state index in [1.807, 2.05) is 27.7 Å². The van der Waals surface area contributed by atoms with E-state index in [0.29, 0.717) is 36.3 Å². The summed E-state index contributed by atoms with van der Waals surface area (Å²) in [6.07, 6.45) is 4.25. The van der Waals surface area contributed by atoms with Gasteiger partial charge in [0.1, 0.15) is 36.7 Å². The molecule has 3 heterocycles. The fourth-order valence-corrected chi connectivity index (χ4v) is 5.78. The minimum Gasteiger partial charge on any atom is -0.463 e. The number of ether oxygens (including phenoxy) is 3. The van der Waals surface area contributed by atoms with E-state index in [-0.39, 0.29) is 24.4 Å². The fourth-order valence-electron chi connectivity index (χ4n) is 5.78. The lowest BCUT2D eigenvalue weighted by atomic mass is 9.87. The third kappa shape index (κ3) is 7.17. The number of carbonyl (C=O) groups is 3. The molecule has 5 N–H and O–H groups in total. The van der Waals surface area contributed by atoms with E-state index in [2.05, 4.69) is 20.7 Å². The van der Waals surface area contributed by atoms with Crippen LogP contribution >= 0.6 is 0 Å². The normalized spacial score (nSPS) is 25.4. The second kappa shape index (κ2) is 13.7. The molecule has 0 spiro atoms. The molecule has 13 nitrogen and oxygen atoms in total. The predicted octanol–water partition coefficient (Wildman–Crippen LogP) is 2.40. The summed E-state index contributed by atoms with van der Waals surface area (Å²) in [5.74, 6) is -0.690. The van der Waals surface area contributed by atoms with Gasteiger partial charge in [-0.25, -0.2) is 9.50 Å². The summed E-state index contributed by atoms with van der Waals surface area (Å²) in [7, 11) is 1.59. The largest absolute Gasteiger partial charge is 0.463 e. The summed E-state index contributed by atoms with van der Waals surface area (Å²) in [5, 5.41) is 22.0. The van der Waals surface area contributed by atoms with Gasteiger partial charge in [0.2, 0.25) is 5.91 Å². The molecule has 2 aromatic heterocycles. The molecule has 2 aliphatic rings. The van der Waals surface area contributed by atoms with E-state index in [1.54, 1.807) is 19.2 Å². The van der Waals surface area contributed by atoms with Gasteiger partial charge in [0.15, 0.2) is 17.6 Å². The van der Waals surface area contributed by atoms with Gasteiger partial charge in [-0.1, -0.05) is 47.0 Å². The molecule has 2 aromatic rings. The van der Waals surface area contributed by atoms with Gasteiger partial charge in [0, 0.05) is 12.8 Å². The third-order valence-corrected chi connectivity index (χ3v) is 8.40. The van der Waals surface area contributed by atoms with Gasteiger partial charge in [-0.3, -0.25) is 19.7 Å². The zero-order chi connectivity index (χ0) is 31.4. The molecule has 0 unspecified atom stereocenters. The van der Waals surface area contributed by atoms with Gasteiger partial charge in [0.25, 0.3) is 0 Å². The van der Waals surface area contributed by atoms with Gasteiger partial charge in [-0.15, -0.1) is 0 Å². The Morgan fingerprint density at radius 1 is 1.23 bits per heavy atom. The molecule has 238 valence electrons. The van der Waals surface area contributed by atoms with Crippen LogP contribution < -0.4 is 16.4 Å². The number of nitrogens with zero attached hydrogens (tertiary/aromatic N) is 3. The monoisotopic (exact) mass is 602 g/mol. The summed E-state index contributed by atoms with van der Waals surface area (Å²) in [6.45, 7) is 7.09. The molecular formula is C30H46N6O7. The van der Waals surface area contributed by atoms with Gasteiger partial charge < -0.3 is 30.4 Å². The number of hydrogen-bond donors (Lipinski definition) is 4. The van der Waals surface area contributed by atoms with E-state index >= 15 is 0 Å². The Kier molecular flexibility index (Phi) is 10.4. The minimum atomic E-state index is -1.64. The number of rotatable bonds is 11. The number of nitrogens with one attached hydrogen (secondary N) is 2. The van der Waals surface area contributed by atoms with Crippen molar-refractivity contribution in [1.82, 2.24) is 19.9 Å². The van der Waals surface area contributed by atoms with Crippen LogP contribution in [0.5, 0.6) is 0 Å². The lowest BCUT2D eigenvalue weighted by molar-refractivity contribution is -0.164. The Labute approximate surface area is 252 Å². The second-order valence-corrected chi connectivity index (χ2v) is 12.6. The number of amides is 1. The quantitative estimate of drug-likeness (QED) is 0.277. The Morgan fingerprint density at radius 3 is 2.60 bits per heavy atom. The number of aromatic nitrogens is 3. The Hall–Kier alpha value is -3.13. The lowest BCUT2D eigenvalue weighted by Crippen LogP contribution is -2.53. The molecule has 0 radical (unpaired) electrons. The zero-order valence-electron chi connectivity index (χ0n) is 25.8. The standard InChI is InChI=1S/C30H46N6O7/c1-6-10-22(37)35-27-19-13-14-21(36(19)34-17-33-27)30(32-5)26(39)24(42-28(40)25(31)29(2,3)4)20(43-30)16-41-23(38)15-18-11-8-7-9-12-18/h13-14,17-18,20,24-26,32,39H,6-12,15-16,31H2,1-5H3,(H,33,34,35,37)/t20-,24-,25-,26-,30+/m1/s1. The van der Waals surface area contributed by atoms with Crippen LogP contribution in [0.15, 0.2) is 18.5 Å². The number of likely N-dealkylation sites (N-methyl/N-ethyl adjacent to an activating group) is 1. The van der Waals surface area contributed by atoms with Crippen LogP contribution in [0.3, 0.4) is 0 Å². The summed E-state index contributed by atoms with van der Waals surface area (Å²) in [5.41, 5.74) is 4.78. The van der Waals surface area contributed by atoms with Gasteiger partial charge in [-0.05, 0) is 49.8 Å². The first kappa shape index (κ1) is 32.8. The summed E-state index contributed by atoms with van der Waals surface area (Å²) < 4.78 is 19.4. The van der Waals surface area contributed by atoms with Crippen LogP contribution in [-0.4, -0.2) is 75.6 Å². The lowest BCUT2D eigenvalue weighted by Gasteiger charge is -2.32. The fraction of sp³-hybridized carbons (Fsp3) is 0.700. The number of nitrogens with two attached hydrogens (primary N) is 1. The molecule has 1 amide bonds. The van der Waals surface area contributed by atoms with Crippen LogP contribution in [0.2, 0.25) is 0 Å². The number of hydrogen-bond acceptors (Lipinski definition) is 11. The van der Waals surface area contributed by atoms with Crippen LogP contribution in [0.1, 0.15) is 84.8 Å². The highest BCUT2D eigenvalue weighted by Gasteiger charge is 2.59. The molecule has 43 heavy (non-hydrogen) atoms. The molecule has 1 aliphatic heterocycles. The smallest absolute Gasteiger partial charge is 0.323 e. The second-order valence-electron chi connectivity index (χ2n) is 12.6. The SMILES string of the molecule is CCCC(=O)Nc1ncnn2c([C@]3(NC)O[C@H](COC(=O)CC4CCCCC4)[C@@H](OC(=O)[C@@H](N)C(C)(C)C)[C@H]3O)ccc12. The molecule has 1 saturated heterocycles. The highest BCUT2D eigenvalue weighted by molar-refractivity contribution is 5.93. The molecule has 4 rings (SSSR count). The van der Waals surface area contributed by atoms with Crippen LogP contribution in [0.4, 0.5) is 5.82 Å². The molecule has 13 heteroatoms. The number of fused-ring (bicyclic) bond motifs is 1. The van der Waals surface area contributed by atoms with Crippen molar-refractivity contribution in [3.05, 3.63) is 24.2 Å². The van der Waals surface area contributed by atoms with Crippen molar-refractivity contribution < 1.29 is 33.7 Å². The van der Waals surface area contributed by atoms with E-state index < -0.39 is 41.5 Å². The average Bonchev–Trinajstić information content (AvgIpc) is 3.52. The Bertz CT molecular complexity index is 1290. The van der Waals surface area contributed by atoms with E-state index in [0.717, 1.165) is 25.7 Å². The van der Waals surface area contributed by atoms with Gasteiger partial charge in [-0.2, -0.15) is 5.10 Å².